The Labute approximate surface area is 129 Å². The third-order valence-corrected chi connectivity index (χ3v) is 3.62. The van der Waals surface area contributed by atoms with Crippen molar-refractivity contribution in [3.63, 3.8) is 0 Å². The van der Waals surface area contributed by atoms with E-state index in [4.69, 9.17) is 10.00 Å². The van der Waals surface area contributed by atoms with Crippen molar-refractivity contribution < 1.29 is 4.74 Å². The number of hydrogen-bond donors (Lipinski definition) is 1. The molecule has 3 heteroatoms. The molecule has 3 nitrogen and oxygen atoms in total. The molecule has 0 amide bonds. The Morgan fingerprint density at radius 1 is 0.955 bits per heavy atom. The first-order valence-electron chi connectivity index (χ1n) is 7.09. The van der Waals surface area contributed by atoms with E-state index in [1.54, 1.807) is 7.11 Å². The molecule has 0 spiro atoms. The Balaban J connectivity index is 1.74. The average molecular weight is 288 g/mol. The number of methoxy groups -OCH3 is 1. The molecule has 22 heavy (non-hydrogen) atoms. The molecule has 0 saturated heterocycles. The first kappa shape index (κ1) is 14.0. The summed E-state index contributed by atoms with van der Waals surface area (Å²) in [6, 6.07) is 22.1. The van der Waals surface area contributed by atoms with E-state index in [0.29, 0.717) is 5.56 Å². The Bertz CT molecular complexity index is 832. The highest BCUT2D eigenvalue weighted by molar-refractivity contribution is 5.84. The maximum absolute atomic E-state index is 8.80. The van der Waals surface area contributed by atoms with Crippen LogP contribution in [0.25, 0.3) is 10.8 Å². The van der Waals surface area contributed by atoms with Crippen LogP contribution in [0, 0.1) is 11.3 Å². The second kappa shape index (κ2) is 6.19. The maximum Gasteiger partial charge on any atom is 0.119 e. The molecule has 0 fully saturated rings. The topological polar surface area (TPSA) is 45.0 Å². The summed E-state index contributed by atoms with van der Waals surface area (Å²) in [7, 11) is 1.68. The molecule has 0 atom stereocenters. The van der Waals surface area contributed by atoms with E-state index in [2.05, 4.69) is 35.7 Å². The number of fused-ring (bicyclic) bond motifs is 1. The highest BCUT2D eigenvalue weighted by Gasteiger charge is 2.00. The second-order valence-electron chi connectivity index (χ2n) is 5.09. The van der Waals surface area contributed by atoms with E-state index in [1.807, 2.05) is 36.4 Å². The summed E-state index contributed by atoms with van der Waals surface area (Å²) in [4.78, 5) is 0. The summed E-state index contributed by atoms with van der Waals surface area (Å²) in [5, 5.41) is 14.5. The van der Waals surface area contributed by atoms with Gasteiger partial charge in [-0.3, -0.25) is 0 Å². The summed E-state index contributed by atoms with van der Waals surface area (Å²) >= 11 is 0. The molecule has 0 aromatic heterocycles. The van der Waals surface area contributed by atoms with E-state index >= 15 is 0 Å². The van der Waals surface area contributed by atoms with Gasteiger partial charge in [0, 0.05) is 12.2 Å². The SMILES string of the molecule is COc1ccc2cc(CNc3ccc(C#N)cc3)ccc2c1. The summed E-state index contributed by atoms with van der Waals surface area (Å²) in [6.07, 6.45) is 0. The van der Waals surface area contributed by atoms with Gasteiger partial charge >= 0.3 is 0 Å². The zero-order chi connectivity index (χ0) is 15.4. The van der Waals surface area contributed by atoms with Gasteiger partial charge in [-0.2, -0.15) is 5.26 Å². The fourth-order valence-electron chi connectivity index (χ4n) is 2.38. The Kier molecular flexibility index (Phi) is 3.93. The van der Waals surface area contributed by atoms with Gasteiger partial charge in [0.25, 0.3) is 0 Å². The fraction of sp³-hybridized carbons (Fsp3) is 0.105. The number of nitrogens with zero attached hydrogens (tertiary/aromatic N) is 1. The van der Waals surface area contributed by atoms with Crippen molar-refractivity contribution in [1.29, 1.82) is 5.26 Å². The minimum atomic E-state index is 0.671. The van der Waals surface area contributed by atoms with Gasteiger partial charge in [0.05, 0.1) is 18.7 Å². The number of anilines is 1. The molecule has 0 bridgehead atoms. The van der Waals surface area contributed by atoms with E-state index in [1.165, 1.54) is 16.3 Å². The number of hydrogen-bond acceptors (Lipinski definition) is 3. The molecular formula is C19H16N2O. The molecule has 0 aliphatic carbocycles. The molecule has 0 unspecified atom stereocenters. The van der Waals surface area contributed by atoms with Crippen molar-refractivity contribution in [2.75, 3.05) is 12.4 Å². The summed E-state index contributed by atoms with van der Waals surface area (Å²) in [5.74, 6) is 0.871. The molecule has 3 rings (SSSR count). The van der Waals surface area contributed by atoms with Crippen LogP contribution in [0.4, 0.5) is 5.69 Å². The number of nitrogens with one attached hydrogen (secondary N) is 1. The Morgan fingerprint density at radius 2 is 1.68 bits per heavy atom. The first-order chi connectivity index (χ1) is 10.8. The molecule has 0 radical (unpaired) electrons. The molecule has 0 aliphatic rings. The van der Waals surface area contributed by atoms with Crippen LogP contribution in [0.3, 0.4) is 0 Å². The van der Waals surface area contributed by atoms with Crippen molar-refractivity contribution in [2.45, 2.75) is 6.54 Å². The lowest BCUT2D eigenvalue weighted by Crippen LogP contribution is -1.99. The highest BCUT2D eigenvalue weighted by Crippen LogP contribution is 2.22. The Hall–Kier alpha value is -2.99. The van der Waals surface area contributed by atoms with Crippen molar-refractivity contribution in [2.24, 2.45) is 0 Å². The smallest absolute Gasteiger partial charge is 0.119 e. The first-order valence-corrected chi connectivity index (χ1v) is 7.09. The minimum absolute atomic E-state index is 0.671. The average Bonchev–Trinajstić information content (AvgIpc) is 2.59. The van der Waals surface area contributed by atoms with Crippen LogP contribution < -0.4 is 10.1 Å². The predicted octanol–water partition coefficient (Wildman–Crippen LogP) is 4.33. The largest absolute Gasteiger partial charge is 0.497 e. The van der Waals surface area contributed by atoms with Crippen molar-refractivity contribution in [1.82, 2.24) is 0 Å². The zero-order valence-corrected chi connectivity index (χ0v) is 12.3. The third kappa shape index (κ3) is 3.02. The van der Waals surface area contributed by atoms with Crippen LogP contribution in [0.1, 0.15) is 11.1 Å². The van der Waals surface area contributed by atoms with Gasteiger partial charge in [-0.25, -0.2) is 0 Å². The van der Waals surface area contributed by atoms with Gasteiger partial charge < -0.3 is 10.1 Å². The Morgan fingerprint density at radius 3 is 2.41 bits per heavy atom. The summed E-state index contributed by atoms with van der Waals surface area (Å²) in [6.45, 7) is 0.744. The van der Waals surface area contributed by atoms with E-state index in [0.717, 1.165) is 18.0 Å². The van der Waals surface area contributed by atoms with Crippen LogP contribution in [0.5, 0.6) is 5.75 Å². The second-order valence-corrected chi connectivity index (χ2v) is 5.09. The van der Waals surface area contributed by atoms with Crippen LogP contribution in [-0.2, 0) is 6.54 Å². The third-order valence-electron chi connectivity index (χ3n) is 3.62. The van der Waals surface area contributed by atoms with Crippen LogP contribution in [-0.4, -0.2) is 7.11 Å². The van der Waals surface area contributed by atoms with Crippen molar-refractivity contribution in [3.8, 4) is 11.8 Å². The van der Waals surface area contributed by atoms with Gasteiger partial charge in [0.15, 0.2) is 0 Å². The van der Waals surface area contributed by atoms with Crippen LogP contribution in [0.15, 0.2) is 60.7 Å². The molecule has 3 aromatic carbocycles. The summed E-state index contributed by atoms with van der Waals surface area (Å²) < 4.78 is 5.24. The van der Waals surface area contributed by atoms with Crippen molar-refractivity contribution >= 4 is 16.5 Å². The normalized spacial score (nSPS) is 10.2. The van der Waals surface area contributed by atoms with Gasteiger partial charge in [-0.05, 0) is 58.8 Å². The van der Waals surface area contributed by atoms with E-state index in [-0.39, 0.29) is 0 Å². The van der Waals surface area contributed by atoms with Gasteiger partial charge in [0.2, 0.25) is 0 Å². The zero-order valence-electron chi connectivity index (χ0n) is 12.3. The summed E-state index contributed by atoms with van der Waals surface area (Å²) in [5.41, 5.74) is 2.89. The number of benzene rings is 3. The molecule has 1 N–H and O–H groups in total. The van der Waals surface area contributed by atoms with Crippen LogP contribution in [0.2, 0.25) is 0 Å². The highest BCUT2D eigenvalue weighted by atomic mass is 16.5. The standard InChI is InChI=1S/C19H16N2O/c1-22-19-9-6-16-10-15(2-5-17(16)11-19)13-21-18-7-3-14(12-20)4-8-18/h2-11,21H,13H2,1H3. The molecule has 3 aromatic rings. The molecule has 0 saturated carbocycles. The van der Waals surface area contributed by atoms with Crippen LogP contribution >= 0.6 is 0 Å². The minimum Gasteiger partial charge on any atom is -0.497 e. The monoisotopic (exact) mass is 288 g/mol. The van der Waals surface area contributed by atoms with Gasteiger partial charge in [-0.15, -0.1) is 0 Å². The lowest BCUT2D eigenvalue weighted by Gasteiger charge is -2.08. The molecule has 108 valence electrons. The van der Waals surface area contributed by atoms with E-state index in [9.17, 15) is 0 Å². The quantitative estimate of drug-likeness (QED) is 0.777. The van der Waals surface area contributed by atoms with Gasteiger partial charge in [-0.1, -0.05) is 18.2 Å². The molecule has 0 heterocycles. The lowest BCUT2D eigenvalue weighted by atomic mass is 10.1. The predicted molar refractivity (Wildman–Crippen MR) is 89.0 cm³/mol. The number of rotatable bonds is 4. The van der Waals surface area contributed by atoms with E-state index < -0.39 is 0 Å². The lowest BCUT2D eigenvalue weighted by molar-refractivity contribution is 0.415. The number of nitriles is 1. The maximum atomic E-state index is 8.80. The van der Waals surface area contributed by atoms with Gasteiger partial charge in [0.1, 0.15) is 5.75 Å². The number of ether oxygens (including phenoxy) is 1. The van der Waals surface area contributed by atoms with Crippen molar-refractivity contribution in [3.05, 3.63) is 71.8 Å². The fourth-order valence-corrected chi connectivity index (χ4v) is 2.38. The molecule has 0 aliphatic heterocycles. The molecular weight excluding hydrogens is 272 g/mol.